The van der Waals surface area contributed by atoms with E-state index in [1.54, 1.807) is 19.1 Å². The van der Waals surface area contributed by atoms with Gasteiger partial charge in [-0.25, -0.2) is 9.37 Å². The molecule has 0 radical (unpaired) electrons. The maximum absolute atomic E-state index is 13.2. The number of alkyl halides is 3. The lowest BCUT2D eigenvalue weighted by Gasteiger charge is -2.09. The van der Waals surface area contributed by atoms with Crippen molar-refractivity contribution in [3.63, 3.8) is 0 Å². The minimum Gasteiger partial charge on any atom is -0.240 e. The van der Waals surface area contributed by atoms with E-state index in [0.717, 1.165) is 6.07 Å². The number of halogens is 4. The van der Waals surface area contributed by atoms with Crippen LogP contribution in [0.15, 0.2) is 24.3 Å². The van der Waals surface area contributed by atoms with Gasteiger partial charge < -0.3 is 0 Å². The number of fused-ring (bicyclic) bond motifs is 1. The van der Waals surface area contributed by atoms with E-state index in [9.17, 15) is 17.6 Å². The van der Waals surface area contributed by atoms with Crippen molar-refractivity contribution < 1.29 is 17.6 Å². The average Bonchev–Trinajstić information content (AvgIpc) is 2.15. The Labute approximate surface area is 88.7 Å². The van der Waals surface area contributed by atoms with Crippen molar-refractivity contribution in [2.75, 3.05) is 0 Å². The second-order valence-electron chi connectivity index (χ2n) is 3.46. The molecule has 84 valence electrons. The quantitative estimate of drug-likeness (QED) is 0.627. The lowest BCUT2D eigenvalue weighted by Crippen LogP contribution is -2.11. The third-order valence-corrected chi connectivity index (χ3v) is 2.27. The van der Waals surface area contributed by atoms with Crippen LogP contribution in [0.3, 0.4) is 0 Å². The summed E-state index contributed by atoms with van der Waals surface area (Å²) in [7, 11) is 0. The topological polar surface area (TPSA) is 12.9 Å². The van der Waals surface area contributed by atoms with Gasteiger partial charge in [0.15, 0.2) is 11.5 Å². The van der Waals surface area contributed by atoms with Crippen molar-refractivity contribution in [1.82, 2.24) is 4.98 Å². The first-order valence-electron chi connectivity index (χ1n) is 4.52. The molecule has 1 aromatic carbocycles. The van der Waals surface area contributed by atoms with Crippen LogP contribution in [0.5, 0.6) is 0 Å². The molecule has 0 bridgehead atoms. The van der Waals surface area contributed by atoms with Gasteiger partial charge >= 0.3 is 6.18 Å². The van der Waals surface area contributed by atoms with E-state index in [1.807, 2.05) is 0 Å². The Kier molecular flexibility index (Phi) is 2.33. The lowest BCUT2D eigenvalue weighted by molar-refractivity contribution is -0.143. The molecular weight excluding hydrogens is 222 g/mol. The minimum atomic E-state index is -4.76. The molecule has 0 spiro atoms. The fourth-order valence-electron chi connectivity index (χ4n) is 1.52. The number of benzene rings is 1. The van der Waals surface area contributed by atoms with Gasteiger partial charge in [0.1, 0.15) is 0 Å². The number of para-hydroxylation sites is 1. The Hall–Kier alpha value is -1.65. The number of nitrogens with zero attached hydrogens (tertiary/aromatic N) is 1. The number of hydrogen-bond donors (Lipinski definition) is 0. The Morgan fingerprint density at radius 2 is 1.88 bits per heavy atom. The summed E-state index contributed by atoms with van der Waals surface area (Å²) in [5.41, 5.74) is -0.700. The van der Waals surface area contributed by atoms with E-state index in [-0.39, 0.29) is 5.52 Å². The summed E-state index contributed by atoms with van der Waals surface area (Å²) < 4.78 is 50.4. The van der Waals surface area contributed by atoms with Crippen molar-refractivity contribution in [2.24, 2.45) is 0 Å². The van der Waals surface area contributed by atoms with Crippen molar-refractivity contribution in [3.05, 3.63) is 41.3 Å². The fourth-order valence-corrected chi connectivity index (χ4v) is 1.52. The van der Waals surface area contributed by atoms with Crippen LogP contribution in [0.1, 0.15) is 11.3 Å². The SMILES string of the molecule is Cc1cccc2cc(F)c(C(F)(F)F)nc12. The highest BCUT2D eigenvalue weighted by molar-refractivity contribution is 5.81. The maximum Gasteiger partial charge on any atom is 0.436 e. The lowest BCUT2D eigenvalue weighted by atomic mass is 10.1. The zero-order chi connectivity index (χ0) is 11.9. The molecule has 1 aromatic heterocycles. The summed E-state index contributed by atoms with van der Waals surface area (Å²) in [5.74, 6) is -1.34. The van der Waals surface area contributed by atoms with E-state index in [4.69, 9.17) is 0 Å². The van der Waals surface area contributed by atoms with Gasteiger partial charge in [-0.15, -0.1) is 0 Å². The molecule has 0 aliphatic carbocycles. The molecule has 0 saturated heterocycles. The monoisotopic (exact) mass is 229 g/mol. The highest BCUT2D eigenvalue weighted by Gasteiger charge is 2.36. The highest BCUT2D eigenvalue weighted by atomic mass is 19.4. The standard InChI is InChI=1S/C11H7F4N/c1-6-3-2-4-7-5-8(12)10(11(13,14)15)16-9(6)7/h2-5H,1H3. The van der Waals surface area contributed by atoms with Crippen LogP contribution in [0.4, 0.5) is 17.6 Å². The molecule has 0 aliphatic heterocycles. The van der Waals surface area contributed by atoms with Crippen LogP contribution in [0, 0.1) is 12.7 Å². The predicted molar refractivity (Wildman–Crippen MR) is 51.4 cm³/mol. The van der Waals surface area contributed by atoms with Crippen LogP contribution in [0.25, 0.3) is 10.9 Å². The second-order valence-corrected chi connectivity index (χ2v) is 3.46. The first-order chi connectivity index (χ1) is 7.39. The number of aromatic nitrogens is 1. The molecule has 0 unspecified atom stereocenters. The van der Waals surface area contributed by atoms with Gasteiger partial charge in [0, 0.05) is 5.39 Å². The van der Waals surface area contributed by atoms with E-state index < -0.39 is 17.7 Å². The predicted octanol–water partition coefficient (Wildman–Crippen LogP) is 3.70. The third kappa shape index (κ3) is 1.73. The van der Waals surface area contributed by atoms with Crippen molar-refractivity contribution >= 4 is 10.9 Å². The summed E-state index contributed by atoms with van der Waals surface area (Å²) in [6.07, 6.45) is -4.76. The molecule has 0 atom stereocenters. The largest absolute Gasteiger partial charge is 0.436 e. The number of aryl methyl sites for hydroxylation is 1. The molecule has 2 rings (SSSR count). The Morgan fingerprint density at radius 1 is 1.19 bits per heavy atom. The molecule has 0 fully saturated rings. The maximum atomic E-state index is 13.2. The van der Waals surface area contributed by atoms with Crippen LogP contribution < -0.4 is 0 Å². The van der Waals surface area contributed by atoms with Gasteiger partial charge in [-0.3, -0.25) is 0 Å². The van der Waals surface area contributed by atoms with Gasteiger partial charge in [0.05, 0.1) is 5.52 Å². The van der Waals surface area contributed by atoms with E-state index in [2.05, 4.69) is 4.98 Å². The second kappa shape index (κ2) is 3.43. The summed E-state index contributed by atoms with van der Waals surface area (Å²) >= 11 is 0. The fraction of sp³-hybridized carbons (Fsp3) is 0.182. The molecule has 5 heteroatoms. The first kappa shape index (κ1) is 10.9. The van der Waals surface area contributed by atoms with E-state index in [0.29, 0.717) is 10.9 Å². The smallest absolute Gasteiger partial charge is 0.240 e. The Bertz CT molecular complexity index is 545. The summed E-state index contributed by atoms with van der Waals surface area (Å²) in [6.45, 7) is 1.63. The molecule has 0 aliphatic rings. The summed E-state index contributed by atoms with van der Waals surface area (Å²) in [5, 5.41) is 0.366. The van der Waals surface area contributed by atoms with Crippen LogP contribution >= 0.6 is 0 Å². The molecule has 0 N–H and O–H groups in total. The van der Waals surface area contributed by atoms with Crippen molar-refractivity contribution in [1.29, 1.82) is 0 Å². The molecule has 2 aromatic rings. The van der Waals surface area contributed by atoms with Crippen LogP contribution in [0.2, 0.25) is 0 Å². The van der Waals surface area contributed by atoms with Gasteiger partial charge in [-0.05, 0) is 18.6 Å². The van der Waals surface area contributed by atoms with Gasteiger partial charge in [-0.1, -0.05) is 18.2 Å². The minimum absolute atomic E-state index is 0.177. The molecule has 1 heterocycles. The van der Waals surface area contributed by atoms with E-state index in [1.165, 1.54) is 6.07 Å². The normalized spacial score (nSPS) is 12.1. The Balaban J connectivity index is 2.80. The van der Waals surface area contributed by atoms with Crippen molar-refractivity contribution in [2.45, 2.75) is 13.1 Å². The first-order valence-corrected chi connectivity index (χ1v) is 4.52. The summed E-state index contributed by atoms with van der Waals surface area (Å²) in [4.78, 5) is 3.35. The highest BCUT2D eigenvalue weighted by Crippen LogP contribution is 2.31. The molecular formula is C11H7F4N. The zero-order valence-electron chi connectivity index (χ0n) is 8.27. The molecule has 16 heavy (non-hydrogen) atoms. The Morgan fingerprint density at radius 3 is 2.50 bits per heavy atom. The van der Waals surface area contributed by atoms with Gasteiger partial charge in [-0.2, -0.15) is 13.2 Å². The van der Waals surface area contributed by atoms with Crippen LogP contribution in [-0.4, -0.2) is 4.98 Å². The van der Waals surface area contributed by atoms with E-state index >= 15 is 0 Å². The zero-order valence-corrected chi connectivity index (χ0v) is 8.27. The molecule has 0 amide bonds. The van der Waals surface area contributed by atoms with Crippen LogP contribution in [-0.2, 0) is 6.18 Å². The number of pyridine rings is 1. The van der Waals surface area contributed by atoms with Crippen molar-refractivity contribution in [3.8, 4) is 0 Å². The third-order valence-electron chi connectivity index (χ3n) is 2.27. The molecule has 1 nitrogen and oxygen atoms in total. The average molecular weight is 229 g/mol. The number of hydrogen-bond acceptors (Lipinski definition) is 1. The summed E-state index contributed by atoms with van der Waals surface area (Å²) in [6, 6.07) is 5.66. The van der Waals surface area contributed by atoms with Gasteiger partial charge in [0.25, 0.3) is 0 Å². The number of rotatable bonds is 0. The van der Waals surface area contributed by atoms with Gasteiger partial charge in [0.2, 0.25) is 0 Å². The molecule has 0 saturated carbocycles.